The maximum absolute atomic E-state index is 5.46. The molecule has 0 radical (unpaired) electrons. The molecular formula is C12H16O2. The van der Waals surface area contributed by atoms with E-state index >= 15 is 0 Å². The van der Waals surface area contributed by atoms with Crippen molar-refractivity contribution in [1.82, 2.24) is 0 Å². The molecule has 0 bridgehead atoms. The highest BCUT2D eigenvalue weighted by Gasteiger charge is 2.22. The van der Waals surface area contributed by atoms with Crippen LogP contribution in [0.5, 0.6) is 0 Å². The molecule has 0 aliphatic carbocycles. The predicted octanol–water partition coefficient (Wildman–Crippen LogP) is 2.24. The molecule has 1 saturated heterocycles. The molecule has 1 aromatic rings. The molecule has 1 heterocycles. The summed E-state index contributed by atoms with van der Waals surface area (Å²) in [6, 6.07) is 10.5. The first-order valence-corrected chi connectivity index (χ1v) is 5.13. The van der Waals surface area contributed by atoms with Crippen molar-refractivity contribution >= 4 is 0 Å². The number of hydrogen-bond acceptors (Lipinski definition) is 2. The van der Waals surface area contributed by atoms with Crippen molar-refractivity contribution in [1.29, 1.82) is 0 Å². The van der Waals surface area contributed by atoms with Gasteiger partial charge in [0.1, 0.15) is 0 Å². The maximum Gasteiger partial charge on any atom is 0.160 e. The Morgan fingerprint density at radius 3 is 2.50 bits per heavy atom. The SMILES string of the molecule is CC(Cc1ccccc1)C1OCCO1. The van der Waals surface area contributed by atoms with Gasteiger partial charge in [0, 0.05) is 5.92 Å². The summed E-state index contributed by atoms with van der Waals surface area (Å²) in [4.78, 5) is 0. The van der Waals surface area contributed by atoms with Gasteiger partial charge in [0.05, 0.1) is 13.2 Å². The summed E-state index contributed by atoms with van der Waals surface area (Å²) >= 11 is 0. The molecule has 14 heavy (non-hydrogen) atoms. The van der Waals surface area contributed by atoms with Crippen molar-refractivity contribution in [3.8, 4) is 0 Å². The van der Waals surface area contributed by atoms with E-state index in [-0.39, 0.29) is 6.29 Å². The third-order valence-corrected chi connectivity index (χ3v) is 2.51. The molecule has 76 valence electrons. The lowest BCUT2D eigenvalue weighted by Gasteiger charge is -2.17. The summed E-state index contributed by atoms with van der Waals surface area (Å²) in [5.41, 5.74) is 1.35. The molecule has 1 aliphatic heterocycles. The summed E-state index contributed by atoms with van der Waals surface area (Å²) in [5, 5.41) is 0. The lowest BCUT2D eigenvalue weighted by atomic mass is 10.0. The van der Waals surface area contributed by atoms with Gasteiger partial charge < -0.3 is 9.47 Å². The number of rotatable bonds is 3. The summed E-state index contributed by atoms with van der Waals surface area (Å²) in [6.45, 7) is 3.65. The molecule has 0 spiro atoms. The molecule has 1 atom stereocenters. The van der Waals surface area contributed by atoms with E-state index < -0.39 is 0 Å². The van der Waals surface area contributed by atoms with Gasteiger partial charge in [-0.15, -0.1) is 0 Å². The quantitative estimate of drug-likeness (QED) is 0.731. The van der Waals surface area contributed by atoms with Crippen molar-refractivity contribution in [2.45, 2.75) is 19.6 Å². The van der Waals surface area contributed by atoms with Gasteiger partial charge in [-0.05, 0) is 12.0 Å². The largest absolute Gasteiger partial charge is 0.350 e. The lowest BCUT2D eigenvalue weighted by Crippen LogP contribution is -2.20. The third kappa shape index (κ3) is 2.34. The Morgan fingerprint density at radius 2 is 1.86 bits per heavy atom. The van der Waals surface area contributed by atoms with Crippen LogP contribution in [-0.2, 0) is 15.9 Å². The standard InChI is InChI=1S/C12H16O2/c1-10(12-13-7-8-14-12)9-11-5-3-2-4-6-11/h2-6,10,12H,7-9H2,1H3. The summed E-state index contributed by atoms with van der Waals surface area (Å²) in [6.07, 6.45) is 1.01. The van der Waals surface area contributed by atoms with E-state index in [1.807, 2.05) is 6.07 Å². The number of benzene rings is 1. The van der Waals surface area contributed by atoms with E-state index in [0.29, 0.717) is 5.92 Å². The summed E-state index contributed by atoms with van der Waals surface area (Å²) < 4.78 is 10.9. The summed E-state index contributed by atoms with van der Waals surface area (Å²) in [5.74, 6) is 0.430. The van der Waals surface area contributed by atoms with Crippen LogP contribution in [0, 0.1) is 5.92 Å². The normalized spacial score (nSPS) is 19.8. The van der Waals surface area contributed by atoms with Crippen molar-refractivity contribution < 1.29 is 9.47 Å². The highest BCUT2D eigenvalue weighted by molar-refractivity contribution is 5.15. The molecule has 2 nitrogen and oxygen atoms in total. The number of ether oxygens (including phenoxy) is 2. The Labute approximate surface area is 84.8 Å². The lowest BCUT2D eigenvalue weighted by molar-refractivity contribution is -0.0780. The van der Waals surface area contributed by atoms with Gasteiger partial charge >= 0.3 is 0 Å². The molecule has 2 heteroatoms. The van der Waals surface area contributed by atoms with E-state index in [1.165, 1.54) is 5.56 Å². The minimum Gasteiger partial charge on any atom is -0.350 e. The Balaban J connectivity index is 1.90. The van der Waals surface area contributed by atoms with Gasteiger partial charge in [-0.25, -0.2) is 0 Å². The molecule has 0 N–H and O–H groups in total. The second-order valence-electron chi connectivity index (χ2n) is 3.78. The van der Waals surface area contributed by atoms with Crippen LogP contribution in [0.4, 0.5) is 0 Å². The molecule has 1 aromatic carbocycles. The Kier molecular flexibility index (Phi) is 3.17. The second-order valence-corrected chi connectivity index (χ2v) is 3.78. The molecule has 0 aromatic heterocycles. The van der Waals surface area contributed by atoms with Crippen molar-refractivity contribution in [2.75, 3.05) is 13.2 Å². The van der Waals surface area contributed by atoms with Gasteiger partial charge in [0.15, 0.2) is 6.29 Å². The van der Waals surface area contributed by atoms with E-state index in [9.17, 15) is 0 Å². The van der Waals surface area contributed by atoms with E-state index in [2.05, 4.69) is 31.2 Å². The fourth-order valence-corrected chi connectivity index (χ4v) is 1.79. The van der Waals surface area contributed by atoms with Crippen molar-refractivity contribution in [3.63, 3.8) is 0 Å². The molecule has 1 fully saturated rings. The summed E-state index contributed by atoms with van der Waals surface area (Å²) in [7, 11) is 0. The minimum atomic E-state index is -0.00444. The first-order valence-electron chi connectivity index (χ1n) is 5.13. The Morgan fingerprint density at radius 1 is 1.21 bits per heavy atom. The van der Waals surface area contributed by atoms with E-state index in [0.717, 1.165) is 19.6 Å². The topological polar surface area (TPSA) is 18.5 Å². The van der Waals surface area contributed by atoms with Gasteiger partial charge in [0.25, 0.3) is 0 Å². The van der Waals surface area contributed by atoms with Crippen LogP contribution in [0.3, 0.4) is 0 Å². The zero-order chi connectivity index (χ0) is 9.80. The monoisotopic (exact) mass is 192 g/mol. The first-order chi connectivity index (χ1) is 6.86. The highest BCUT2D eigenvalue weighted by Crippen LogP contribution is 2.18. The van der Waals surface area contributed by atoms with Crippen LogP contribution in [0.15, 0.2) is 30.3 Å². The minimum absolute atomic E-state index is 0.00444. The van der Waals surface area contributed by atoms with Gasteiger partial charge in [0.2, 0.25) is 0 Å². The second kappa shape index (κ2) is 4.58. The average Bonchev–Trinajstić information content (AvgIpc) is 2.72. The molecule has 0 amide bonds. The highest BCUT2D eigenvalue weighted by atomic mass is 16.7. The van der Waals surface area contributed by atoms with Gasteiger partial charge in [-0.2, -0.15) is 0 Å². The zero-order valence-corrected chi connectivity index (χ0v) is 8.48. The third-order valence-electron chi connectivity index (χ3n) is 2.51. The van der Waals surface area contributed by atoms with Crippen molar-refractivity contribution in [3.05, 3.63) is 35.9 Å². The van der Waals surface area contributed by atoms with Gasteiger partial charge in [-0.3, -0.25) is 0 Å². The van der Waals surface area contributed by atoms with Crippen molar-refractivity contribution in [2.24, 2.45) is 5.92 Å². The van der Waals surface area contributed by atoms with Crippen LogP contribution in [-0.4, -0.2) is 19.5 Å². The molecule has 2 rings (SSSR count). The fraction of sp³-hybridized carbons (Fsp3) is 0.500. The Hall–Kier alpha value is -0.860. The van der Waals surface area contributed by atoms with Crippen LogP contribution in [0.2, 0.25) is 0 Å². The zero-order valence-electron chi connectivity index (χ0n) is 8.48. The fourth-order valence-electron chi connectivity index (χ4n) is 1.79. The van der Waals surface area contributed by atoms with Gasteiger partial charge in [-0.1, -0.05) is 37.3 Å². The van der Waals surface area contributed by atoms with Crippen LogP contribution < -0.4 is 0 Å². The first kappa shape index (κ1) is 9.69. The molecule has 1 aliphatic rings. The van der Waals surface area contributed by atoms with Crippen LogP contribution in [0.25, 0.3) is 0 Å². The molecular weight excluding hydrogens is 176 g/mol. The van der Waals surface area contributed by atoms with Crippen LogP contribution in [0.1, 0.15) is 12.5 Å². The Bertz CT molecular complexity index is 265. The maximum atomic E-state index is 5.46. The number of hydrogen-bond donors (Lipinski definition) is 0. The van der Waals surface area contributed by atoms with E-state index in [4.69, 9.17) is 9.47 Å². The predicted molar refractivity (Wildman–Crippen MR) is 55.0 cm³/mol. The molecule has 0 saturated carbocycles. The molecule has 1 unspecified atom stereocenters. The van der Waals surface area contributed by atoms with Crippen LogP contribution >= 0.6 is 0 Å². The smallest absolute Gasteiger partial charge is 0.160 e. The average molecular weight is 192 g/mol. The van der Waals surface area contributed by atoms with E-state index in [1.54, 1.807) is 0 Å².